The van der Waals surface area contributed by atoms with Crippen molar-refractivity contribution in [1.29, 1.82) is 0 Å². The van der Waals surface area contributed by atoms with Gasteiger partial charge < -0.3 is 19.5 Å². The third kappa shape index (κ3) is 5.14. The van der Waals surface area contributed by atoms with Crippen LogP contribution in [-0.4, -0.2) is 37.7 Å². The van der Waals surface area contributed by atoms with Crippen LogP contribution in [0.25, 0.3) is 10.9 Å². The third-order valence-corrected chi connectivity index (χ3v) is 4.37. The number of ether oxygens (including phenoxy) is 3. The van der Waals surface area contributed by atoms with Crippen molar-refractivity contribution in [2.45, 2.75) is 6.54 Å². The first kappa shape index (κ1) is 20.4. The van der Waals surface area contributed by atoms with Gasteiger partial charge in [-0.3, -0.25) is 4.79 Å². The first-order valence-corrected chi connectivity index (χ1v) is 9.09. The van der Waals surface area contributed by atoms with E-state index in [9.17, 15) is 9.59 Å². The average Bonchev–Trinajstić information content (AvgIpc) is 2.75. The summed E-state index contributed by atoms with van der Waals surface area (Å²) in [7, 11) is 3.09. The van der Waals surface area contributed by atoms with Crippen LogP contribution >= 0.6 is 11.6 Å². The fourth-order valence-corrected chi connectivity index (χ4v) is 2.84. The lowest BCUT2D eigenvalue weighted by atomic mass is 10.1. The number of amides is 1. The van der Waals surface area contributed by atoms with Crippen molar-refractivity contribution in [1.82, 2.24) is 10.3 Å². The van der Waals surface area contributed by atoms with Gasteiger partial charge in [-0.15, -0.1) is 0 Å². The van der Waals surface area contributed by atoms with Gasteiger partial charge in [0.25, 0.3) is 5.91 Å². The standard InChI is InChI=1S/C21H19ClN2O5/c1-27-17-7-3-13(9-18(17)28-2)11-23-20(25)12-29-21(26)15-4-6-16-14(10-15)5-8-19(22)24-16/h3-10H,11-12H2,1-2H3,(H,23,25). The SMILES string of the molecule is COc1ccc(CNC(=O)COC(=O)c2ccc3nc(Cl)ccc3c2)cc1OC. The Labute approximate surface area is 172 Å². The molecule has 0 aliphatic rings. The molecule has 1 amide bonds. The molecule has 1 aromatic heterocycles. The number of fused-ring (bicyclic) bond motifs is 1. The number of hydrogen-bond donors (Lipinski definition) is 1. The zero-order chi connectivity index (χ0) is 20.8. The Hall–Kier alpha value is -3.32. The number of pyridine rings is 1. The van der Waals surface area contributed by atoms with Gasteiger partial charge >= 0.3 is 5.97 Å². The Morgan fingerprint density at radius 2 is 1.79 bits per heavy atom. The summed E-state index contributed by atoms with van der Waals surface area (Å²) < 4.78 is 15.5. The van der Waals surface area contributed by atoms with E-state index in [4.69, 9.17) is 25.8 Å². The van der Waals surface area contributed by atoms with Gasteiger partial charge in [-0.05, 0) is 48.0 Å². The number of aromatic nitrogens is 1. The molecule has 3 aromatic rings. The minimum absolute atomic E-state index is 0.263. The Balaban J connectivity index is 1.54. The van der Waals surface area contributed by atoms with Crippen LogP contribution in [0.3, 0.4) is 0 Å². The maximum absolute atomic E-state index is 12.2. The normalized spacial score (nSPS) is 10.4. The molecule has 0 fully saturated rings. The number of methoxy groups -OCH3 is 2. The van der Waals surface area contributed by atoms with Crippen molar-refractivity contribution in [2.24, 2.45) is 0 Å². The van der Waals surface area contributed by atoms with Crippen LogP contribution in [0.1, 0.15) is 15.9 Å². The summed E-state index contributed by atoms with van der Waals surface area (Å²) in [4.78, 5) is 28.4. The van der Waals surface area contributed by atoms with Crippen LogP contribution < -0.4 is 14.8 Å². The summed E-state index contributed by atoms with van der Waals surface area (Å²) >= 11 is 5.85. The zero-order valence-electron chi connectivity index (χ0n) is 15.9. The van der Waals surface area contributed by atoms with Crippen molar-refractivity contribution in [3.8, 4) is 11.5 Å². The molecule has 0 atom stereocenters. The molecule has 0 aliphatic carbocycles. The highest BCUT2D eigenvalue weighted by Gasteiger charge is 2.12. The molecule has 0 unspecified atom stereocenters. The van der Waals surface area contributed by atoms with Crippen molar-refractivity contribution in [2.75, 3.05) is 20.8 Å². The number of carbonyl (C=O) groups is 2. The van der Waals surface area contributed by atoms with E-state index in [0.717, 1.165) is 10.9 Å². The molecular formula is C21H19ClN2O5. The topological polar surface area (TPSA) is 86.8 Å². The number of halogens is 1. The molecule has 2 aromatic carbocycles. The largest absolute Gasteiger partial charge is 0.493 e. The fourth-order valence-electron chi connectivity index (χ4n) is 2.68. The minimum atomic E-state index is -0.594. The molecule has 0 radical (unpaired) electrons. The van der Waals surface area contributed by atoms with E-state index in [1.54, 1.807) is 49.6 Å². The molecule has 7 nitrogen and oxygen atoms in total. The maximum atomic E-state index is 12.2. The van der Waals surface area contributed by atoms with Crippen LogP contribution in [0.4, 0.5) is 0 Å². The fraction of sp³-hybridized carbons (Fsp3) is 0.190. The van der Waals surface area contributed by atoms with Crippen LogP contribution in [0, 0.1) is 0 Å². The van der Waals surface area contributed by atoms with E-state index in [2.05, 4.69) is 10.3 Å². The highest BCUT2D eigenvalue weighted by molar-refractivity contribution is 6.29. The quantitative estimate of drug-likeness (QED) is 0.471. The smallest absolute Gasteiger partial charge is 0.338 e. The van der Waals surface area contributed by atoms with E-state index in [0.29, 0.717) is 27.7 Å². The second-order valence-corrected chi connectivity index (χ2v) is 6.47. The van der Waals surface area contributed by atoms with E-state index in [1.165, 1.54) is 7.11 Å². The number of esters is 1. The summed E-state index contributed by atoms with van der Waals surface area (Å²) in [6, 6.07) is 13.6. The molecule has 3 rings (SSSR count). The van der Waals surface area contributed by atoms with Crippen molar-refractivity contribution in [3.63, 3.8) is 0 Å². The van der Waals surface area contributed by atoms with E-state index < -0.39 is 11.9 Å². The summed E-state index contributed by atoms with van der Waals surface area (Å²) in [5, 5.41) is 3.82. The van der Waals surface area contributed by atoms with Crippen molar-refractivity contribution < 1.29 is 23.8 Å². The van der Waals surface area contributed by atoms with Gasteiger partial charge in [-0.1, -0.05) is 17.7 Å². The monoisotopic (exact) mass is 414 g/mol. The molecule has 0 saturated carbocycles. The van der Waals surface area contributed by atoms with E-state index >= 15 is 0 Å². The summed E-state index contributed by atoms with van der Waals surface area (Å²) in [6.45, 7) is -0.123. The number of carbonyl (C=O) groups excluding carboxylic acids is 2. The molecule has 0 saturated heterocycles. The molecule has 1 heterocycles. The van der Waals surface area contributed by atoms with Crippen molar-refractivity contribution in [3.05, 3.63) is 64.8 Å². The molecule has 150 valence electrons. The van der Waals surface area contributed by atoms with Gasteiger partial charge in [0.2, 0.25) is 0 Å². The highest BCUT2D eigenvalue weighted by atomic mass is 35.5. The van der Waals surface area contributed by atoms with Gasteiger partial charge in [0.1, 0.15) is 5.15 Å². The van der Waals surface area contributed by atoms with Crippen LogP contribution in [-0.2, 0) is 16.1 Å². The van der Waals surface area contributed by atoms with Gasteiger partial charge in [-0.2, -0.15) is 0 Å². The minimum Gasteiger partial charge on any atom is -0.493 e. The van der Waals surface area contributed by atoms with E-state index in [1.807, 2.05) is 6.07 Å². The predicted molar refractivity (Wildman–Crippen MR) is 108 cm³/mol. The lowest BCUT2D eigenvalue weighted by molar-refractivity contribution is -0.124. The van der Waals surface area contributed by atoms with Gasteiger partial charge in [0.15, 0.2) is 18.1 Å². The second-order valence-electron chi connectivity index (χ2n) is 6.08. The first-order valence-electron chi connectivity index (χ1n) is 8.71. The Kier molecular flexibility index (Phi) is 6.51. The van der Waals surface area contributed by atoms with Gasteiger partial charge in [0, 0.05) is 11.9 Å². The summed E-state index contributed by atoms with van der Waals surface area (Å²) in [6.07, 6.45) is 0. The first-order chi connectivity index (χ1) is 14.0. The number of nitrogens with one attached hydrogen (secondary N) is 1. The zero-order valence-corrected chi connectivity index (χ0v) is 16.7. The highest BCUT2D eigenvalue weighted by Crippen LogP contribution is 2.27. The number of rotatable bonds is 7. The van der Waals surface area contributed by atoms with Crippen LogP contribution in [0.5, 0.6) is 11.5 Å². The third-order valence-electron chi connectivity index (χ3n) is 4.16. The number of hydrogen-bond acceptors (Lipinski definition) is 6. The molecule has 0 aliphatic heterocycles. The molecule has 1 N–H and O–H groups in total. The Morgan fingerprint density at radius 3 is 2.55 bits per heavy atom. The molecule has 29 heavy (non-hydrogen) atoms. The van der Waals surface area contributed by atoms with Crippen molar-refractivity contribution >= 4 is 34.4 Å². The molecule has 0 spiro atoms. The lowest BCUT2D eigenvalue weighted by Crippen LogP contribution is -2.28. The van der Waals surface area contributed by atoms with E-state index in [-0.39, 0.29) is 13.2 Å². The van der Waals surface area contributed by atoms with Gasteiger partial charge in [0.05, 0.1) is 25.3 Å². The van der Waals surface area contributed by atoms with Crippen LogP contribution in [0.15, 0.2) is 48.5 Å². The Bertz CT molecular complexity index is 1050. The second kappa shape index (κ2) is 9.25. The van der Waals surface area contributed by atoms with Gasteiger partial charge in [-0.25, -0.2) is 9.78 Å². The lowest BCUT2D eigenvalue weighted by Gasteiger charge is -2.10. The number of nitrogens with zero attached hydrogens (tertiary/aromatic N) is 1. The Morgan fingerprint density at radius 1 is 1.00 bits per heavy atom. The average molecular weight is 415 g/mol. The van der Waals surface area contributed by atoms with Crippen LogP contribution in [0.2, 0.25) is 5.15 Å². The summed E-state index contributed by atoms with van der Waals surface area (Å²) in [5.41, 5.74) is 1.82. The predicted octanol–water partition coefficient (Wildman–Crippen LogP) is 3.38. The molecular weight excluding hydrogens is 396 g/mol. The summed E-state index contributed by atoms with van der Waals surface area (Å²) in [5.74, 6) is 0.160. The molecule has 8 heteroatoms. The number of benzene rings is 2. The molecule has 0 bridgehead atoms. The maximum Gasteiger partial charge on any atom is 0.338 e.